The molecule has 0 saturated carbocycles. The Bertz CT molecular complexity index is 147. The molecule has 0 rings (SSSR count). The molecule has 2 N–H and O–H groups in total. The summed E-state index contributed by atoms with van der Waals surface area (Å²) >= 11 is 0. The van der Waals surface area contributed by atoms with E-state index in [-0.39, 0.29) is 0 Å². The monoisotopic (exact) mass is 160 g/mol. The molecule has 0 aliphatic rings. The lowest BCUT2D eigenvalue weighted by Crippen LogP contribution is -2.46. The molecule has 1 atom stereocenters. The van der Waals surface area contributed by atoms with Crippen molar-refractivity contribution in [1.29, 1.82) is 0 Å². The van der Waals surface area contributed by atoms with Crippen LogP contribution in [0, 0.1) is 12.3 Å². The molecule has 0 aromatic carbocycles. The molecule has 0 bridgehead atoms. The maximum Gasteiger partial charge on any atom is 0.199 e. The lowest BCUT2D eigenvalue weighted by molar-refractivity contribution is -0.202. The molecule has 0 fully saturated rings. The number of aliphatic hydroxyl groups excluding tert-OH is 1. The maximum atomic E-state index is 9.35. The van der Waals surface area contributed by atoms with Crippen LogP contribution in [0.15, 0.2) is 0 Å². The van der Waals surface area contributed by atoms with E-state index in [9.17, 15) is 5.11 Å². The van der Waals surface area contributed by atoms with Crippen LogP contribution >= 0.6 is 0 Å². The van der Waals surface area contributed by atoms with Crippen LogP contribution in [0.2, 0.25) is 0 Å². The molecule has 0 spiro atoms. The molecular weight excluding hydrogens is 148 g/mol. The smallest absolute Gasteiger partial charge is 0.199 e. The molecule has 0 amide bonds. The first kappa shape index (κ1) is 10.4. The van der Waals surface area contributed by atoms with Gasteiger partial charge < -0.3 is 19.7 Å². The minimum Gasteiger partial charge on any atom is -0.392 e. The van der Waals surface area contributed by atoms with E-state index in [1.54, 1.807) is 0 Å². The predicted octanol–water partition coefficient (Wildman–Crippen LogP) is -1.04. The second-order valence-corrected chi connectivity index (χ2v) is 2.03. The molecule has 0 aliphatic heterocycles. The lowest BCUT2D eigenvalue weighted by Gasteiger charge is -2.26. The van der Waals surface area contributed by atoms with Gasteiger partial charge in [-0.15, -0.1) is 6.42 Å². The minimum atomic E-state index is -1.76. The molecule has 0 unspecified atom stereocenters. The molecule has 0 aliphatic carbocycles. The summed E-state index contributed by atoms with van der Waals surface area (Å²) in [6.45, 7) is -0.601. The fourth-order valence-electron chi connectivity index (χ4n) is 0.674. The summed E-state index contributed by atoms with van der Waals surface area (Å²) in [6, 6.07) is 0. The van der Waals surface area contributed by atoms with E-state index in [0.29, 0.717) is 0 Å². The Balaban J connectivity index is 4.35. The van der Waals surface area contributed by atoms with Gasteiger partial charge in [0.25, 0.3) is 0 Å². The van der Waals surface area contributed by atoms with Crippen molar-refractivity contribution in [3.63, 3.8) is 0 Å². The number of terminal acetylenes is 1. The van der Waals surface area contributed by atoms with Crippen molar-refractivity contribution in [3.05, 3.63) is 0 Å². The number of hydrogen-bond acceptors (Lipinski definition) is 4. The van der Waals surface area contributed by atoms with Crippen LogP contribution in [-0.2, 0) is 9.47 Å². The van der Waals surface area contributed by atoms with Gasteiger partial charge in [0.1, 0.15) is 0 Å². The molecule has 0 aromatic rings. The van der Waals surface area contributed by atoms with E-state index in [1.165, 1.54) is 14.2 Å². The van der Waals surface area contributed by atoms with Gasteiger partial charge in [0.2, 0.25) is 0 Å². The quantitative estimate of drug-likeness (QED) is 0.407. The summed E-state index contributed by atoms with van der Waals surface area (Å²) in [7, 11) is 2.65. The molecule has 4 heteroatoms. The Morgan fingerprint density at radius 1 is 1.55 bits per heavy atom. The van der Waals surface area contributed by atoms with Gasteiger partial charge in [-0.1, -0.05) is 5.92 Å². The normalized spacial score (nSPS) is 16.0. The standard InChI is InChI=1S/C7H12O4/c1-4-7(9,5-8)6(10-2)11-3/h1,6,8-9H,5H2,2-3H3/t7-/m1/s1. The Morgan fingerprint density at radius 3 is 2.09 bits per heavy atom. The molecule has 0 aromatic heterocycles. The zero-order valence-electron chi connectivity index (χ0n) is 6.57. The second kappa shape index (κ2) is 4.31. The van der Waals surface area contributed by atoms with Gasteiger partial charge in [0.05, 0.1) is 6.61 Å². The Morgan fingerprint density at radius 2 is 2.00 bits per heavy atom. The molecule has 4 nitrogen and oxygen atoms in total. The van der Waals surface area contributed by atoms with E-state index < -0.39 is 18.5 Å². The zero-order valence-corrected chi connectivity index (χ0v) is 6.57. The number of rotatable bonds is 4. The minimum absolute atomic E-state index is 0.601. The van der Waals surface area contributed by atoms with Crippen LogP contribution in [0.25, 0.3) is 0 Å². The van der Waals surface area contributed by atoms with Gasteiger partial charge >= 0.3 is 0 Å². The first-order chi connectivity index (χ1) is 5.14. The third kappa shape index (κ3) is 2.17. The van der Waals surface area contributed by atoms with Crippen molar-refractivity contribution in [2.24, 2.45) is 0 Å². The van der Waals surface area contributed by atoms with Crippen LogP contribution in [-0.4, -0.2) is 42.9 Å². The van der Waals surface area contributed by atoms with Crippen molar-refractivity contribution in [2.45, 2.75) is 11.9 Å². The van der Waals surface area contributed by atoms with Crippen LogP contribution in [0.4, 0.5) is 0 Å². The Labute approximate surface area is 65.7 Å². The summed E-state index contributed by atoms with van der Waals surface area (Å²) in [5.41, 5.74) is -1.76. The molecular formula is C7H12O4. The lowest BCUT2D eigenvalue weighted by atomic mass is 10.1. The van der Waals surface area contributed by atoms with Crippen LogP contribution < -0.4 is 0 Å². The predicted molar refractivity (Wildman–Crippen MR) is 38.7 cm³/mol. The molecule has 0 radical (unpaired) electrons. The summed E-state index contributed by atoms with van der Waals surface area (Å²) < 4.78 is 9.34. The van der Waals surface area contributed by atoms with Gasteiger partial charge in [0, 0.05) is 14.2 Å². The molecule has 0 heterocycles. The molecule has 0 saturated heterocycles. The Kier molecular flexibility index (Phi) is 4.08. The molecule has 64 valence electrons. The number of ether oxygens (including phenoxy) is 2. The van der Waals surface area contributed by atoms with Gasteiger partial charge in [-0.2, -0.15) is 0 Å². The van der Waals surface area contributed by atoms with Crippen molar-refractivity contribution in [2.75, 3.05) is 20.8 Å². The highest BCUT2D eigenvalue weighted by molar-refractivity contribution is 5.09. The van der Waals surface area contributed by atoms with Crippen molar-refractivity contribution < 1.29 is 19.7 Å². The van der Waals surface area contributed by atoms with E-state index in [4.69, 9.17) is 11.5 Å². The van der Waals surface area contributed by atoms with Crippen LogP contribution in [0.5, 0.6) is 0 Å². The maximum absolute atomic E-state index is 9.35. The van der Waals surface area contributed by atoms with Gasteiger partial charge in [-0.25, -0.2) is 0 Å². The Hall–Kier alpha value is -0.600. The summed E-state index contributed by atoms with van der Waals surface area (Å²) in [6.07, 6.45) is 3.95. The third-order valence-corrected chi connectivity index (χ3v) is 1.31. The highest BCUT2D eigenvalue weighted by Crippen LogP contribution is 2.11. The van der Waals surface area contributed by atoms with Crippen molar-refractivity contribution in [1.82, 2.24) is 0 Å². The van der Waals surface area contributed by atoms with Crippen LogP contribution in [0.3, 0.4) is 0 Å². The number of hydrogen-bond donors (Lipinski definition) is 2. The van der Waals surface area contributed by atoms with E-state index in [1.807, 2.05) is 5.92 Å². The van der Waals surface area contributed by atoms with Crippen molar-refractivity contribution >= 4 is 0 Å². The van der Waals surface area contributed by atoms with Crippen molar-refractivity contribution in [3.8, 4) is 12.3 Å². The van der Waals surface area contributed by atoms with Gasteiger partial charge in [0.15, 0.2) is 11.9 Å². The first-order valence-electron chi connectivity index (χ1n) is 3.01. The highest BCUT2D eigenvalue weighted by atomic mass is 16.7. The third-order valence-electron chi connectivity index (χ3n) is 1.31. The van der Waals surface area contributed by atoms with E-state index in [0.717, 1.165) is 0 Å². The largest absolute Gasteiger partial charge is 0.392 e. The van der Waals surface area contributed by atoms with Crippen LogP contribution in [0.1, 0.15) is 0 Å². The summed E-state index contributed by atoms with van der Waals surface area (Å²) in [4.78, 5) is 0. The van der Waals surface area contributed by atoms with Gasteiger partial charge in [-0.3, -0.25) is 0 Å². The number of methoxy groups -OCH3 is 2. The molecule has 11 heavy (non-hydrogen) atoms. The summed E-state index contributed by atoms with van der Waals surface area (Å²) in [5, 5.41) is 18.0. The topological polar surface area (TPSA) is 58.9 Å². The first-order valence-corrected chi connectivity index (χ1v) is 3.01. The average molecular weight is 160 g/mol. The number of aliphatic hydroxyl groups is 2. The zero-order chi connectivity index (χ0) is 8.91. The van der Waals surface area contributed by atoms with E-state index in [2.05, 4.69) is 9.47 Å². The fraction of sp³-hybridized carbons (Fsp3) is 0.714. The van der Waals surface area contributed by atoms with Gasteiger partial charge in [-0.05, 0) is 0 Å². The average Bonchev–Trinajstić information content (AvgIpc) is 2.06. The van der Waals surface area contributed by atoms with E-state index >= 15 is 0 Å². The SMILES string of the molecule is C#C[C@@](O)(CO)C(OC)OC. The fourth-order valence-corrected chi connectivity index (χ4v) is 0.674. The summed E-state index contributed by atoms with van der Waals surface area (Å²) in [5.74, 6) is 1.99. The highest BCUT2D eigenvalue weighted by Gasteiger charge is 2.34. The second-order valence-electron chi connectivity index (χ2n) is 2.03.